The smallest absolute Gasteiger partial charge is 0.130 e. The monoisotopic (exact) mass is 340 g/mol. The minimum Gasteiger partial charge on any atom is -0.497 e. The van der Waals surface area contributed by atoms with E-state index in [9.17, 15) is 4.79 Å². The first kappa shape index (κ1) is 17.3. The maximum absolute atomic E-state index is 11.5. The second-order valence-corrected chi connectivity index (χ2v) is 7.25. The Morgan fingerprint density at radius 1 is 1.16 bits per heavy atom. The molecule has 1 atom stereocenters. The van der Waals surface area contributed by atoms with Crippen molar-refractivity contribution >= 4 is 17.8 Å². The zero-order valence-corrected chi connectivity index (χ0v) is 15.1. The quantitative estimate of drug-likeness (QED) is 0.831. The van der Waals surface area contributed by atoms with Crippen LogP contribution in [0.15, 0.2) is 30.3 Å². The highest BCUT2D eigenvalue weighted by Gasteiger charge is 2.33. The topological polar surface area (TPSA) is 60.5 Å². The molecule has 1 aliphatic rings. The van der Waals surface area contributed by atoms with E-state index >= 15 is 0 Å². The van der Waals surface area contributed by atoms with E-state index in [0.29, 0.717) is 11.5 Å². The van der Waals surface area contributed by atoms with Gasteiger partial charge in [0.15, 0.2) is 0 Å². The van der Waals surface area contributed by atoms with Gasteiger partial charge in [0.05, 0.1) is 14.2 Å². The van der Waals surface area contributed by atoms with Crippen LogP contribution in [-0.2, 0) is 11.2 Å². The van der Waals surface area contributed by atoms with Crippen LogP contribution < -0.4 is 14.8 Å². The number of aldehydes is 1. The van der Waals surface area contributed by atoms with E-state index < -0.39 is 0 Å². The molecule has 0 saturated carbocycles. The van der Waals surface area contributed by atoms with E-state index in [4.69, 9.17) is 14.5 Å². The molecule has 0 bridgehead atoms. The number of ether oxygens (including phenoxy) is 2. The molecule has 3 rings (SSSR count). The summed E-state index contributed by atoms with van der Waals surface area (Å²) in [4.78, 5) is 16.2. The lowest BCUT2D eigenvalue weighted by Gasteiger charge is -2.34. The molecule has 0 amide bonds. The highest BCUT2D eigenvalue weighted by Crippen LogP contribution is 2.41. The van der Waals surface area contributed by atoms with E-state index in [0.717, 1.165) is 41.9 Å². The average Bonchev–Trinajstić information content (AvgIpc) is 2.59. The van der Waals surface area contributed by atoms with E-state index in [1.807, 2.05) is 30.3 Å². The first-order chi connectivity index (χ1) is 11.9. The van der Waals surface area contributed by atoms with Gasteiger partial charge in [0.2, 0.25) is 0 Å². The molecule has 5 heteroatoms. The summed E-state index contributed by atoms with van der Waals surface area (Å²) in [6.07, 6.45) is 2.77. The van der Waals surface area contributed by atoms with Gasteiger partial charge in [0, 0.05) is 35.5 Å². The van der Waals surface area contributed by atoms with Gasteiger partial charge in [0.25, 0.3) is 0 Å². The molecule has 132 valence electrons. The van der Waals surface area contributed by atoms with Crippen LogP contribution in [0, 0.1) is 5.41 Å². The van der Waals surface area contributed by atoms with E-state index in [1.165, 1.54) is 0 Å². The Kier molecular flexibility index (Phi) is 4.66. The molecule has 1 aromatic heterocycles. The average molecular weight is 340 g/mol. The second kappa shape index (κ2) is 6.75. The summed E-state index contributed by atoms with van der Waals surface area (Å²) in [5, 5.41) is 3.30. The molecular weight excluding hydrogens is 316 g/mol. The Hall–Kier alpha value is -2.56. The number of carbonyl (C=O) groups is 1. The van der Waals surface area contributed by atoms with Crippen molar-refractivity contribution < 1.29 is 14.3 Å². The predicted molar refractivity (Wildman–Crippen MR) is 98.0 cm³/mol. The van der Waals surface area contributed by atoms with Crippen LogP contribution in [0.25, 0.3) is 0 Å². The van der Waals surface area contributed by atoms with Crippen molar-refractivity contribution in [3.8, 4) is 11.5 Å². The van der Waals surface area contributed by atoms with Crippen molar-refractivity contribution in [1.29, 1.82) is 0 Å². The fourth-order valence-electron chi connectivity index (χ4n) is 3.44. The number of nitrogens with one attached hydrogen (secondary N) is 1. The molecule has 2 aromatic rings. The van der Waals surface area contributed by atoms with Gasteiger partial charge in [-0.1, -0.05) is 19.9 Å². The molecule has 1 aromatic carbocycles. The van der Waals surface area contributed by atoms with E-state index in [-0.39, 0.29) is 11.3 Å². The van der Waals surface area contributed by atoms with Gasteiger partial charge in [-0.15, -0.1) is 0 Å². The van der Waals surface area contributed by atoms with Crippen molar-refractivity contribution in [3.63, 3.8) is 0 Å². The number of methoxy groups -OCH3 is 2. The number of hydrogen-bond acceptors (Lipinski definition) is 5. The molecule has 0 saturated heterocycles. The van der Waals surface area contributed by atoms with Gasteiger partial charge in [-0.25, -0.2) is 4.98 Å². The fourth-order valence-corrected chi connectivity index (χ4v) is 3.44. The zero-order chi connectivity index (χ0) is 18.0. The van der Waals surface area contributed by atoms with Gasteiger partial charge in [-0.3, -0.25) is 0 Å². The Balaban J connectivity index is 1.91. The predicted octanol–water partition coefficient (Wildman–Crippen LogP) is 4.10. The third kappa shape index (κ3) is 3.76. The van der Waals surface area contributed by atoms with Gasteiger partial charge in [0.1, 0.15) is 23.6 Å². The highest BCUT2D eigenvalue weighted by molar-refractivity contribution is 5.66. The SMILES string of the molecule is COc1cc(Nc2ccc3c(n2)CC(C)(C)CC3C=O)cc(OC)c1. The van der Waals surface area contributed by atoms with Crippen LogP contribution in [0.5, 0.6) is 11.5 Å². The van der Waals surface area contributed by atoms with Crippen molar-refractivity contribution in [2.24, 2.45) is 5.41 Å². The summed E-state index contributed by atoms with van der Waals surface area (Å²) >= 11 is 0. The Morgan fingerprint density at radius 2 is 1.84 bits per heavy atom. The molecule has 0 radical (unpaired) electrons. The maximum Gasteiger partial charge on any atom is 0.130 e. The number of hydrogen-bond donors (Lipinski definition) is 1. The first-order valence-electron chi connectivity index (χ1n) is 8.39. The summed E-state index contributed by atoms with van der Waals surface area (Å²) in [5.41, 5.74) is 2.95. The van der Waals surface area contributed by atoms with Gasteiger partial charge < -0.3 is 19.6 Å². The summed E-state index contributed by atoms with van der Waals surface area (Å²) in [6, 6.07) is 9.53. The fraction of sp³-hybridized carbons (Fsp3) is 0.400. The minimum absolute atomic E-state index is 0.0720. The first-order valence-corrected chi connectivity index (χ1v) is 8.39. The number of pyridine rings is 1. The Labute approximate surface area is 148 Å². The molecule has 1 N–H and O–H groups in total. The van der Waals surface area contributed by atoms with Crippen molar-refractivity contribution in [2.45, 2.75) is 32.6 Å². The number of nitrogens with zero attached hydrogens (tertiary/aromatic N) is 1. The molecule has 25 heavy (non-hydrogen) atoms. The molecule has 0 fully saturated rings. The Morgan fingerprint density at radius 3 is 2.44 bits per heavy atom. The third-order valence-electron chi connectivity index (χ3n) is 4.62. The van der Waals surface area contributed by atoms with Crippen molar-refractivity contribution in [1.82, 2.24) is 4.98 Å². The van der Waals surface area contributed by atoms with Gasteiger partial charge in [-0.2, -0.15) is 0 Å². The van der Waals surface area contributed by atoms with Crippen LogP contribution in [0.2, 0.25) is 0 Å². The largest absolute Gasteiger partial charge is 0.497 e. The molecule has 1 heterocycles. The maximum atomic E-state index is 11.5. The van der Waals surface area contributed by atoms with Crippen LogP contribution in [-0.4, -0.2) is 25.5 Å². The molecule has 1 unspecified atom stereocenters. The number of anilines is 2. The molecule has 0 aliphatic heterocycles. The van der Waals surface area contributed by atoms with Crippen LogP contribution >= 0.6 is 0 Å². The van der Waals surface area contributed by atoms with Crippen LogP contribution in [0.4, 0.5) is 11.5 Å². The molecular formula is C20H24N2O3. The van der Waals surface area contributed by atoms with Crippen molar-refractivity contribution in [2.75, 3.05) is 19.5 Å². The van der Waals surface area contributed by atoms with Crippen LogP contribution in [0.3, 0.4) is 0 Å². The number of aromatic nitrogens is 1. The lowest BCUT2D eigenvalue weighted by Crippen LogP contribution is -2.27. The minimum atomic E-state index is -0.0720. The number of fused-ring (bicyclic) bond motifs is 1. The standard InChI is InChI=1S/C20H24N2O3/c1-20(2)10-13(12-23)17-5-6-19(22-18(17)11-20)21-14-7-15(24-3)9-16(8-14)25-4/h5-9,12-13H,10-11H2,1-4H3,(H,21,22). The van der Waals surface area contributed by atoms with E-state index in [1.54, 1.807) is 14.2 Å². The number of rotatable bonds is 5. The van der Waals surface area contributed by atoms with Crippen LogP contribution in [0.1, 0.15) is 37.4 Å². The van der Waals surface area contributed by atoms with Crippen molar-refractivity contribution in [3.05, 3.63) is 41.6 Å². The molecule has 5 nitrogen and oxygen atoms in total. The van der Waals surface area contributed by atoms with E-state index in [2.05, 4.69) is 19.2 Å². The third-order valence-corrected chi connectivity index (χ3v) is 4.62. The lowest BCUT2D eigenvalue weighted by molar-refractivity contribution is -0.109. The summed E-state index contributed by atoms with van der Waals surface area (Å²) < 4.78 is 10.6. The normalized spacial score (nSPS) is 18.2. The number of carbonyl (C=O) groups excluding carboxylic acids is 1. The Bertz CT molecular complexity index is 764. The van der Waals surface area contributed by atoms with Gasteiger partial charge >= 0.3 is 0 Å². The lowest BCUT2D eigenvalue weighted by atomic mass is 9.71. The summed E-state index contributed by atoms with van der Waals surface area (Å²) in [7, 11) is 3.24. The highest BCUT2D eigenvalue weighted by atomic mass is 16.5. The molecule has 0 spiro atoms. The summed E-state index contributed by atoms with van der Waals surface area (Å²) in [6.45, 7) is 4.36. The zero-order valence-electron chi connectivity index (χ0n) is 15.1. The summed E-state index contributed by atoms with van der Waals surface area (Å²) in [5.74, 6) is 2.09. The van der Waals surface area contributed by atoms with Gasteiger partial charge in [-0.05, 0) is 29.9 Å². The molecule has 1 aliphatic carbocycles. The second-order valence-electron chi connectivity index (χ2n) is 7.25. The number of benzene rings is 1.